The molecular weight excluding hydrogens is 212 g/mol. The van der Waals surface area contributed by atoms with E-state index in [-0.39, 0.29) is 0 Å². The van der Waals surface area contributed by atoms with Crippen LogP contribution < -0.4 is 0 Å². The number of hydrogen-bond donors (Lipinski definition) is 0. The lowest BCUT2D eigenvalue weighted by atomic mass is 10.2. The second-order valence-corrected chi connectivity index (χ2v) is 4.09. The lowest BCUT2D eigenvalue weighted by Gasteiger charge is -2.09. The molecule has 1 aromatic rings. The molecule has 0 saturated carbocycles. The molecule has 0 amide bonds. The van der Waals surface area contributed by atoms with Gasteiger partial charge in [0.2, 0.25) is 0 Å². The largest absolute Gasteiger partial charge is 0.497 e. The van der Waals surface area contributed by atoms with Crippen LogP contribution in [0.5, 0.6) is 0 Å². The van der Waals surface area contributed by atoms with E-state index in [1.54, 1.807) is 7.11 Å². The van der Waals surface area contributed by atoms with Crippen LogP contribution >= 0.6 is 0 Å². The molecule has 0 aliphatic heterocycles. The number of hydrogen-bond acceptors (Lipinski definition) is 2. The smallest absolute Gasteiger partial charge is 0.118 e. The van der Waals surface area contributed by atoms with E-state index >= 15 is 0 Å². The summed E-state index contributed by atoms with van der Waals surface area (Å²) in [5, 5.41) is 0. The van der Waals surface area contributed by atoms with Gasteiger partial charge in [-0.05, 0) is 24.5 Å². The molecule has 0 radical (unpaired) electrons. The van der Waals surface area contributed by atoms with E-state index in [0.29, 0.717) is 6.61 Å². The van der Waals surface area contributed by atoms with Gasteiger partial charge in [0.05, 0.1) is 7.11 Å². The first kappa shape index (κ1) is 11.8. The maximum Gasteiger partial charge on any atom is 0.118 e. The second-order valence-electron chi connectivity index (χ2n) is 4.09. The van der Waals surface area contributed by atoms with E-state index in [9.17, 15) is 0 Å². The van der Waals surface area contributed by atoms with Crippen LogP contribution in [0, 0.1) is 0 Å². The van der Waals surface area contributed by atoms with Crippen molar-refractivity contribution in [2.75, 3.05) is 7.11 Å². The summed E-state index contributed by atoms with van der Waals surface area (Å²) < 4.78 is 11.1. The van der Waals surface area contributed by atoms with Gasteiger partial charge in [0.1, 0.15) is 18.1 Å². The quantitative estimate of drug-likeness (QED) is 0.783. The minimum absolute atomic E-state index is 0.629. The van der Waals surface area contributed by atoms with Crippen LogP contribution in [0.1, 0.15) is 24.8 Å². The van der Waals surface area contributed by atoms with E-state index in [1.807, 2.05) is 24.3 Å². The highest BCUT2D eigenvalue weighted by atomic mass is 16.5. The van der Waals surface area contributed by atoms with Gasteiger partial charge in [-0.3, -0.25) is 0 Å². The SMILES string of the molecule is COC1=CCCCC(OCc2ccccc2)=C1. The van der Waals surface area contributed by atoms with E-state index in [2.05, 4.69) is 18.2 Å². The third-order valence-corrected chi connectivity index (χ3v) is 2.78. The Morgan fingerprint density at radius 3 is 2.76 bits per heavy atom. The van der Waals surface area contributed by atoms with Crippen LogP contribution in [-0.2, 0) is 16.1 Å². The second kappa shape index (κ2) is 6.14. The van der Waals surface area contributed by atoms with Crippen molar-refractivity contribution in [3.05, 3.63) is 59.6 Å². The summed E-state index contributed by atoms with van der Waals surface area (Å²) in [5.41, 5.74) is 1.19. The highest BCUT2D eigenvalue weighted by molar-refractivity contribution is 5.19. The lowest BCUT2D eigenvalue weighted by molar-refractivity contribution is 0.186. The number of allylic oxidation sites excluding steroid dienone is 3. The fraction of sp³-hybridized carbons (Fsp3) is 0.333. The highest BCUT2D eigenvalue weighted by Crippen LogP contribution is 2.19. The molecule has 0 atom stereocenters. The van der Waals surface area contributed by atoms with Crippen LogP contribution in [0.25, 0.3) is 0 Å². The lowest BCUT2D eigenvalue weighted by Crippen LogP contribution is -1.94. The molecule has 0 fully saturated rings. The number of rotatable bonds is 4. The Morgan fingerprint density at radius 2 is 2.00 bits per heavy atom. The van der Waals surface area contributed by atoms with Crippen LogP contribution in [0.4, 0.5) is 0 Å². The number of ether oxygens (including phenoxy) is 2. The molecule has 0 unspecified atom stereocenters. The molecule has 0 heterocycles. The Balaban J connectivity index is 1.94. The summed E-state index contributed by atoms with van der Waals surface area (Å²) in [6, 6.07) is 10.2. The van der Waals surface area contributed by atoms with Crippen molar-refractivity contribution in [2.45, 2.75) is 25.9 Å². The van der Waals surface area contributed by atoms with Gasteiger partial charge in [-0.2, -0.15) is 0 Å². The monoisotopic (exact) mass is 230 g/mol. The first-order valence-electron chi connectivity index (χ1n) is 6.00. The Labute approximate surface area is 103 Å². The number of methoxy groups -OCH3 is 1. The van der Waals surface area contributed by atoms with Crippen LogP contribution in [-0.4, -0.2) is 7.11 Å². The molecule has 0 N–H and O–H groups in total. The Hall–Kier alpha value is -1.70. The van der Waals surface area contributed by atoms with Crippen molar-refractivity contribution in [1.82, 2.24) is 0 Å². The molecule has 17 heavy (non-hydrogen) atoms. The molecule has 0 saturated heterocycles. The molecule has 1 aromatic carbocycles. The summed E-state index contributed by atoms with van der Waals surface area (Å²) in [5.74, 6) is 1.92. The zero-order valence-corrected chi connectivity index (χ0v) is 10.2. The van der Waals surface area contributed by atoms with Gasteiger partial charge in [0.15, 0.2) is 0 Å². The van der Waals surface area contributed by atoms with Crippen molar-refractivity contribution in [2.24, 2.45) is 0 Å². The zero-order chi connectivity index (χ0) is 11.9. The normalized spacial score (nSPS) is 15.6. The molecule has 0 bridgehead atoms. The van der Waals surface area contributed by atoms with Crippen molar-refractivity contribution >= 4 is 0 Å². The van der Waals surface area contributed by atoms with Gasteiger partial charge in [-0.15, -0.1) is 0 Å². The highest BCUT2D eigenvalue weighted by Gasteiger charge is 2.05. The maximum absolute atomic E-state index is 5.82. The van der Waals surface area contributed by atoms with E-state index in [0.717, 1.165) is 30.8 Å². The van der Waals surface area contributed by atoms with Gasteiger partial charge in [-0.25, -0.2) is 0 Å². The fourth-order valence-corrected chi connectivity index (χ4v) is 1.82. The molecule has 2 nitrogen and oxygen atoms in total. The molecule has 0 aromatic heterocycles. The molecule has 90 valence electrons. The predicted octanol–water partition coefficient (Wildman–Crippen LogP) is 3.80. The third-order valence-electron chi connectivity index (χ3n) is 2.78. The molecule has 0 spiro atoms. The van der Waals surface area contributed by atoms with Gasteiger partial charge in [0.25, 0.3) is 0 Å². The van der Waals surface area contributed by atoms with E-state index in [1.165, 1.54) is 5.56 Å². The van der Waals surface area contributed by atoms with Gasteiger partial charge < -0.3 is 9.47 Å². The zero-order valence-electron chi connectivity index (χ0n) is 10.2. The molecule has 1 aliphatic rings. The van der Waals surface area contributed by atoms with E-state index < -0.39 is 0 Å². The summed E-state index contributed by atoms with van der Waals surface area (Å²) in [6.07, 6.45) is 7.26. The number of benzene rings is 1. The minimum Gasteiger partial charge on any atom is -0.497 e. The maximum atomic E-state index is 5.82. The minimum atomic E-state index is 0.629. The Bertz CT molecular complexity index is 404. The molecule has 2 rings (SSSR count). The first-order chi connectivity index (χ1) is 8.38. The molecule has 1 aliphatic carbocycles. The summed E-state index contributed by atoms with van der Waals surface area (Å²) in [4.78, 5) is 0. The predicted molar refractivity (Wildman–Crippen MR) is 68.3 cm³/mol. The van der Waals surface area contributed by atoms with Crippen molar-refractivity contribution in [3.8, 4) is 0 Å². The average molecular weight is 230 g/mol. The molecule has 2 heteroatoms. The van der Waals surface area contributed by atoms with Gasteiger partial charge in [-0.1, -0.05) is 30.3 Å². The summed E-state index contributed by atoms with van der Waals surface area (Å²) in [7, 11) is 1.70. The first-order valence-corrected chi connectivity index (χ1v) is 6.00. The average Bonchev–Trinajstić information content (AvgIpc) is 2.62. The van der Waals surface area contributed by atoms with Crippen LogP contribution in [0.2, 0.25) is 0 Å². The molecular formula is C15H18O2. The topological polar surface area (TPSA) is 18.5 Å². The third kappa shape index (κ3) is 3.66. The fourth-order valence-electron chi connectivity index (χ4n) is 1.82. The summed E-state index contributed by atoms with van der Waals surface area (Å²) >= 11 is 0. The van der Waals surface area contributed by atoms with E-state index in [4.69, 9.17) is 9.47 Å². The Morgan fingerprint density at radius 1 is 1.18 bits per heavy atom. The van der Waals surface area contributed by atoms with Crippen LogP contribution in [0.15, 0.2) is 54.0 Å². The Kier molecular flexibility index (Phi) is 4.25. The van der Waals surface area contributed by atoms with Crippen molar-refractivity contribution in [3.63, 3.8) is 0 Å². The van der Waals surface area contributed by atoms with Gasteiger partial charge in [0, 0.05) is 12.5 Å². The van der Waals surface area contributed by atoms with Crippen molar-refractivity contribution < 1.29 is 9.47 Å². The standard InChI is InChI=1S/C15H18O2/c1-16-14-9-5-6-10-15(11-14)17-12-13-7-3-2-4-8-13/h2-4,7-9,11H,5-6,10,12H2,1H3. The van der Waals surface area contributed by atoms with Gasteiger partial charge >= 0.3 is 0 Å². The van der Waals surface area contributed by atoms with Crippen LogP contribution in [0.3, 0.4) is 0 Å². The van der Waals surface area contributed by atoms with Crippen molar-refractivity contribution in [1.29, 1.82) is 0 Å². The summed E-state index contributed by atoms with van der Waals surface area (Å²) in [6.45, 7) is 0.629.